The molecule has 0 atom stereocenters. The number of fused-ring (bicyclic) bond motifs is 4. The van der Waals surface area contributed by atoms with Crippen molar-refractivity contribution in [2.75, 3.05) is 34.2 Å². The van der Waals surface area contributed by atoms with Gasteiger partial charge in [-0.25, -0.2) is 23.1 Å². The van der Waals surface area contributed by atoms with E-state index in [0.29, 0.717) is 44.9 Å². The molecule has 0 fully saturated rings. The van der Waals surface area contributed by atoms with Gasteiger partial charge < -0.3 is 10.2 Å². The number of nitrogens with zero attached hydrogens (tertiary/aromatic N) is 3. The third kappa shape index (κ3) is 3.95. The number of rotatable bonds is 6. The molecule has 31 heavy (non-hydrogen) atoms. The molecule has 0 saturated heterocycles. The molecule has 0 spiro atoms. The topological polar surface area (TPSA) is 104 Å². The first-order valence-corrected chi connectivity index (χ1v) is 11.3. The van der Waals surface area contributed by atoms with Crippen molar-refractivity contribution in [2.24, 2.45) is 0 Å². The minimum atomic E-state index is -3.64. The maximum atomic E-state index is 12.8. The van der Waals surface area contributed by atoms with Crippen molar-refractivity contribution in [2.45, 2.75) is 4.90 Å². The molecular formula is C22H23N5O3S. The van der Waals surface area contributed by atoms with Gasteiger partial charge >= 0.3 is 0 Å². The highest BCUT2D eigenvalue weighted by Crippen LogP contribution is 2.30. The second kappa shape index (κ2) is 8.18. The van der Waals surface area contributed by atoms with E-state index >= 15 is 0 Å². The van der Waals surface area contributed by atoms with Crippen molar-refractivity contribution in [3.63, 3.8) is 0 Å². The Hall–Kier alpha value is -3.14. The maximum Gasteiger partial charge on any atom is 0.253 e. The van der Waals surface area contributed by atoms with Crippen LogP contribution in [0.25, 0.3) is 32.8 Å². The molecule has 1 aromatic heterocycles. The quantitative estimate of drug-likeness (QED) is 0.354. The van der Waals surface area contributed by atoms with Gasteiger partial charge in [0.25, 0.3) is 5.91 Å². The number of carbonyl (C=O) groups is 1. The Morgan fingerprint density at radius 1 is 0.935 bits per heavy atom. The lowest BCUT2D eigenvalue weighted by molar-refractivity contribution is 0.0952. The Kier molecular flexibility index (Phi) is 5.57. The second-order valence-corrected chi connectivity index (χ2v) is 9.30. The fraction of sp³-hybridized carbons (Fsp3) is 0.227. The maximum absolute atomic E-state index is 12.8. The summed E-state index contributed by atoms with van der Waals surface area (Å²) in [6.07, 6.45) is 0. The van der Waals surface area contributed by atoms with E-state index in [1.807, 2.05) is 31.1 Å². The van der Waals surface area contributed by atoms with Gasteiger partial charge in [-0.2, -0.15) is 0 Å². The first-order valence-electron chi connectivity index (χ1n) is 9.80. The number of hydrogen-bond acceptors (Lipinski definition) is 6. The predicted molar refractivity (Wildman–Crippen MR) is 122 cm³/mol. The highest BCUT2D eigenvalue weighted by atomic mass is 32.2. The molecule has 3 aromatic carbocycles. The molecule has 160 valence electrons. The summed E-state index contributed by atoms with van der Waals surface area (Å²) in [5.74, 6) is -0.222. The number of amides is 1. The third-order valence-electron chi connectivity index (χ3n) is 5.10. The lowest BCUT2D eigenvalue weighted by atomic mass is 10.1. The molecule has 0 unspecified atom stereocenters. The zero-order valence-electron chi connectivity index (χ0n) is 17.5. The zero-order valence-corrected chi connectivity index (χ0v) is 18.3. The van der Waals surface area contributed by atoms with Gasteiger partial charge in [0.15, 0.2) is 0 Å². The van der Waals surface area contributed by atoms with Crippen LogP contribution in [-0.2, 0) is 10.0 Å². The number of nitrogens with one attached hydrogen (secondary N) is 2. The number of benzene rings is 3. The predicted octanol–water partition coefficient (Wildman–Crippen LogP) is 2.14. The highest BCUT2D eigenvalue weighted by Gasteiger charge is 2.18. The summed E-state index contributed by atoms with van der Waals surface area (Å²) in [5, 5.41) is 4.11. The first-order chi connectivity index (χ1) is 14.8. The van der Waals surface area contributed by atoms with Crippen LogP contribution in [0, 0.1) is 0 Å². The smallest absolute Gasteiger partial charge is 0.253 e. The number of aromatic nitrogens is 2. The van der Waals surface area contributed by atoms with Crippen LogP contribution in [-0.4, -0.2) is 63.4 Å². The van der Waals surface area contributed by atoms with Gasteiger partial charge in [-0.15, -0.1) is 0 Å². The van der Waals surface area contributed by atoms with Gasteiger partial charge in [0.05, 0.1) is 27.0 Å². The number of para-hydroxylation sites is 1. The molecule has 4 aromatic rings. The van der Waals surface area contributed by atoms with Crippen molar-refractivity contribution < 1.29 is 13.2 Å². The van der Waals surface area contributed by atoms with Crippen molar-refractivity contribution in [1.29, 1.82) is 0 Å². The molecule has 0 aliphatic carbocycles. The Bertz CT molecular complexity index is 1420. The summed E-state index contributed by atoms with van der Waals surface area (Å²) in [6.45, 7) is 1.23. The largest absolute Gasteiger partial charge is 0.351 e. The Balaban J connectivity index is 1.91. The average Bonchev–Trinajstić information content (AvgIpc) is 2.76. The number of carbonyl (C=O) groups excluding carboxylic acids is 1. The average molecular weight is 438 g/mol. The summed E-state index contributed by atoms with van der Waals surface area (Å²) in [6, 6.07) is 13.8. The van der Waals surface area contributed by atoms with E-state index in [1.54, 1.807) is 36.4 Å². The SMILES string of the molecule is CNS(=O)(=O)c1cccc2c1ccc1nc3cccc(C(=O)NCCN(C)C)c3nc12. The second-order valence-electron chi connectivity index (χ2n) is 7.45. The fourth-order valence-electron chi connectivity index (χ4n) is 3.51. The van der Waals surface area contributed by atoms with Crippen molar-refractivity contribution in [3.8, 4) is 0 Å². The van der Waals surface area contributed by atoms with Gasteiger partial charge in [-0.3, -0.25) is 4.79 Å². The van der Waals surface area contributed by atoms with E-state index in [-0.39, 0.29) is 10.8 Å². The van der Waals surface area contributed by atoms with Crippen LogP contribution in [0.1, 0.15) is 10.4 Å². The van der Waals surface area contributed by atoms with Crippen LogP contribution in [0.4, 0.5) is 0 Å². The van der Waals surface area contributed by atoms with Crippen LogP contribution in [0.3, 0.4) is 0 Å². The molecule has 9 heteroatoms. The van der Waals surface area contributed by atoms with E-state index in [1.165, 1.54) is 7.05 Å². The van der Waals surface area contributed by atoms with Crippen molar-refractivity contribution in [1.82, 2.24) is 24.9 Å². The van der Waals surface area contributed by atoms with Crippen LogP contribution in [0.15, 0.2) is 53.4 Å². The molecule has 8 nitrogen and oxygen atoms in total. The molecule has 0 bridgehead atoms. The minimum absolute atomic E-state index is 0.172. The summed E-state index contributed by atoms with van der Waals surface area (Å²) in [4.78, 5) is 24.4. The molecule has 0 radical (unpaired) electrons. The number of likely N-dealkylation sites (N-methyl/N-ethyl adjacent to an activating group) is 1. The summed E-state index contributed by atoms with van der Waals surface area (Å²) < 4.78 is 27.3. The van der Waals surface area contributed by atoms with E-state index in [9.17, 15) is 13.2 Å². The molecule has 0 aliphatic heterocycles. The molecule has 0 saturated carbocycles. The van der Waals surface area contributed by atoms with Gasteiger partial charge in [0, 0.05) is 23.9 Å². The normalized spacial score (nSPS) is 12.1. The lowest BCUT2D eigenvalue weighted by Crippen LogP contribution is -2.31. The van der Waals surface area contributed by atoms with E-state index in [4.69, 9.17) is 4.98 Å². The van der Waals surface area contributed by atoms with E-state index in [2.05, 4.69) is 15.0 Å². The Morgan fingerprint density at radius 3 is 2.42 bits per heavy atom. The van der Waals surface area contributed by atoms with Gasteiger partial charge in [0.1, 0.15) is 5.52 Å². The molecular weight excluding hydrogens is 414 g/mol. The minimum Gasteiger partial charge on any atom is -0.351 e. The van der Waals surface area contributed by atoms with E-state index in [0.717, 1.165) is 6.54 Å². The zero-order chi connectivity index (χ0) is 22.2. The van der Waals surface area contributed by atoms with Crippen LogP contribution < -0.4 is 10.0 Å². The molecule has 1 amide bonds. The standard InChI is InChI=1S/C22H23N5O3S/c1-23-31(29,30)19-9-5-6-15-14(19)10-11-18-20(15)26-21-16(7-4-8-17(21)25-18)22(28)24-12-13-27(2)3/h4-11,23H,12-13H2,1-3H3,(H,24,28). The first kappa shape index (κ1) is 21.1. The summed E-state index contributed by atoms with van der Waals surface area (Å²) >= 11 is 0. The van der Waals surface area contributed by atoms with Crippen molar-refractivity contribution in [3.05, 3.63) is 54.1 Å². The van der Waals surface area contributed by atoms with Crippen molar-refractivity contribution >= 4 is 48.8 Å². The van der Waals surface area contributed by atoms with Crippen LogP contribution in [0.5, 0.6) is 0 Å². The number of hydrogen-bond donors (Lipinski definition) is 2. The Morgan fingerprint density at radius 2 is 1.68 bits per heavy atom. The fourth-order valence-corrected chi connectivity index (χ4v) is 4.45. The highest BCUT2D eigenvalue weighted by molar-refractivity contribution is 7.89. The number of sulfonamides is 1. The van der Waals surface area contributed by atoms with Gasteiger partial charge in [-0.05, 0) is 45.4 Å². The van der Waals surface area contributed by atoms with Crippen LogP contribution >= 0.6 is 0 Å². The molecule has 4 rings (SSSR count). The third-order valence-corrected chi connectivity index (χ3v) is 6.57. The molecule has 1 heterocycles. The van der Waals surface area contributed by atoms with Gasteiger partial charge in [-0.1, -0.05) is 24.3 Å². The van der Waals surface area contributed by atoms with E-state index < -0.39 is 10.0 Å². The molecule has 0 aliphatic rings. The van der Waals surface area contributed by atoms with Gasteiger partial charge in [0.2, 0.25) is 10.0 Å². The van der Waals surface area contributed by atoms with Crippen LogP contribution in [0.2, 0.25) is 0 Å². The summed E-state index contributed by atoms with van der Waals surface area (Å²) in [5.41, 5.74) is 2.69. The summed E-state index contributed by atoms with van der Waals surface area (Å²) in [7, 11) is 1.62. The monoisotopic (exact) mass is 437 g/mol. The lowest BCUT2D eigenvalue weighted by Gasteiger charge is -2.12. The Labute approximate surface area is 180 Å². The molecule has 2 N–H and O–H groups in total.